The van der Waals surface area contributed by atoms with Crippen molar-refractivity contribution in [3.63, 3.8) is 0 Å². The average Bonchev–Trinajstić information content (AvgIpc) is 3.35. The van der Waals surface area contributed by atoms with Gasteiger partial charge in [0.05, 0.1) is 17.4 Å². The molecule has 0 aliphatic carbocycles. The topological polar surface area (TPSA) is 84.4 Å². The molecule has 0 amide bonds. The minimum absolute atomic E-state index is 0.00289. The Morgan fingerprint density at radius 2 is 2.11 bits per heavy atom. The highest BCUT2D eigenvalue weighted by atomic mass is 32.2. The number of likely N-dealkylation sites (tertiary alicyclic amines) is 1. The summed E-state index contributed by atoms with van der Waals surface area (Å²) in [6, 6.07) is 3.86. The molecule has 3 heterocycles. The van der Waals surface area contributed by atoms with Crippen molar-refractivity contribution >= 4 is 26.7 Å². The van der Waals surface area contributed by atoms with E-state index in [1.807, 2.05) is 13.0 Å². The second kappa shape index (κ2) is 10.7. The molecule has 0 unspecified atom stereocenters. The number of aromatic nitrogens is 2. The van der Waals surface area contributed by atoms with Gasteiger partial charge in [-0.2, -0.15) is 17.5 Å². The second-order valence-electron chi connectivity index (χ2n) is 8.68. The van der Waals surface area contributed by atoms with Gasteiger partial charge in [-0.25, -0.2) is 13.4 Å². The van der Waals surface area contributed by atoms with Gasteiger partial charge < -0.3 is 4.74 Å². The number of nitrogens with zero attached hydrogens (tertiary/aromatic N) is 3. The molecule has 2 aliphatic heterocycles. The Balaban J connectivity index is 1.63. The number of hydrogen-bond donors (Lipinski definition) is 1. The first-order valence-corrected chi connectivity index (χ1v) is 13.7. The maximum absolute atomic E-state index is 13.6. The maximum atomic E-state index is 13.6. The zero-order chi connectivity index (χ0) is 25.9. The number of anilines is 1. The van der Waals surface area contributed by atoms with Gasteiger partial charge in [0.2, 0.25) is 5.13 Å². The van der Waals surface area contributed by atoms with E-state index in [2.05, 4.69) is 25.6 Å². The van der Waals surface area contributed by atoms with Gasteiger partial charge in [0.1, 0.15) is 12.1 Å². The number of rotatable bonds is 7. The molecule has 2 aliphatic rings. The molecule has 1 fully saturated rings. The van der Waals surface area contributed by atoms with Crippen LogP contribution in [-0.2, 0) is 10.0 Å². The number of alkyl halides is 3. The highest BCUT2D eigenvalue weighted by Gasteiger charge is 2.46. The lowest BCUT2D eigenvalue weighted by molar-refractivity contribution is -0.190. The lowest BCUT2D eigenvalue weighted by Gasteiger charge is -2.46. The minimum atomic E-state index is -4.27. The molecular formula is C24H27F3N4O3S2. The molecule has 36 heavy (non-hydrogen) atoms. The van der Waals surface area contributed by atoms with Crippen molar-refractivity contribution in [1.82, 2.24) is 14.3 Å². The van der Waals surface area contributed by atoms with Gasteiger partial charge in [-0.3, -0.25) is 9.62 Å². The average molecular weight is 541 g/mol. The summed E-state index contributed by atoms with van der Waals surface area (Å²) >= 11 is 0.917. The first kappa shape index (κ1) is 26.4. The van der Waals surface area contributed by atoms with Crippen LogP contribution in [0.2, 0.25) is 0 Å². The molecule has 1 N–H and O–H groups in total. The highest BCUT2D eigenvalue weighted by Crippen LogP contribution is 2.45. The summed E-state index contributed by atoms with van der Waals surface area (Å²) in [5.74, 6) is -0.998. The molecule has 0 spiro atoms. The molecule has 0 bridgehead atoms. The largest absolute Gasteiger partial charge is 0.493 e. The first-order valence-electron chi connectivity index (χ1n) is 11.5. The Bertz CT molecular complexity index is 1240. The predicted octanol–water partition coefficient (Wildman–Crippen LogP) is 5.49. The molecule has 1 saturated heterocycles. The Labute approximate surface area is 212 Å². The van der Waals surface area contributed by atoms with Crippen molar-refractivity contribution in [2.75, 3.05) is 17.9 Å². The Kier molecular flexibility index (Phi) is 7.86. The van der Waals surface area contributed by atoms with Gasteiger partial charge in [-0.15, -0.1) is 0 Å². The quantitative estimate of drug-likeness (QED) is 0.468. The fourth-order valence-electron chi connectivity index (χ4n) is 4.67. The lowest BCUT2D eigenvalue weighted by Crippen LogP contribution is -2.49. The molecule has 7 nitrogen and oxygen atoms in total. The molecule has 4 rings (SSSR count). The van der Waals surface area contributed by atoms with Crippen molar-refractivity contribution in [1.29, 1.82) is 0 Å². The van der Waals surface area contributed by atoms with Gasteiger partial charge in [0.15, 0.2) is 0 Å². The van der Waals surface area contributed by atoms with Crippen molar-refractivity contribution in [2.24, 2.45) is 5.92 Å². The molecule has 194 valence electrons. The number of piperidine rings is 1. The summed E-state index contributed by atoms with van der Waals surface area (Å²) in [4.78, 5) is 5.90. The number of nitrogens with one attached hydrogen (secondary N) is 1. The number of halogens is 3. The van der Waals surface area contributed by atoms with Crippen molar-refractivity contribution in [2.45, 2.75) is 49.3 Å². The molecule has 2 aromatic rings. The Morgan fingerprint density at radius 3 is 2.81 bits per heavy atom. The number of fused-ring (bicyclic) bond motifs is 1. The van der Waals surface area contributed by atoms with Crippen LogP contribution in [0.3, 0.4) is 0 Å². The summed E-state index contributed by atoms with van der Waals surface area (Å²) in [5, 5.41) is 0.145. The van der Waals surface area contributed by atoms with E-state index in [1.54, 1.807) is 24.3 Å². The summed E-state index contributed by atoms with van der Waals surface area (Å²) < 4.78 is 78.4. The Hall–Kier alpha value is -2.70. The monoisotopic (exact) mass is 540 g/mol. The lowest BCUT2D eigenvalue weighted by atomic mass is 9.84. The molecule has 0 radical (unpaired) electrons. The van der Waals surface area contributed by atoms with E-state index < -0.39 is 28.2 Å². The van der Waals surface area contributed by atoms with E-state index in [1.165, 1.54) is 18.5 Å². The molecule has 0 saturated carbocycles. The van der Waals surface area contributed by atoms with Gasteiger partial charge >= 0.3 is 6.18 Å². The van der Waals surface area contributed by atoms with E-state index in [0.717, 1.165) is 17.1 Å². The fourth-order valence-corrected chi connectivity index (χ4v) is 6.35. The maximum Gasteiger partial charge on any atom is 0.391 e. The molecule has 1 aromatic carbocycles. The van der Waals surface area contributed by atoms with E-state index in [4.69, 9.17) is 4.74 Å². The van der Waals surface area contributed by atoms with Crippen LogP contribution in [0.5, 0.6) is 5.75 Å². The van der Waals surface area contributed by atoms with Crippen LogP contribution in [0.1, 0.15) is 37.8 Å². The van der Waals surface area contributed by atoms with Gasteiger partial charge in [-0.05, 0) is 37.9 Å². The third-order valence-corrected chi connectivity index (χ3v) is 8.48. The zero-order valence-electron chi connectivity index (χ0n) is 19.6. The summed E-state index contributed by atoms with van der Waals surface area (Å²) in [6.45, 7) is 6.51. The first-order chi connectivity index (χ1) is 17.1. The van der Waals surface area contributed by atoms with Crippen molar-refractivity contribution < 1.29 is 26.3 Å². The van der Waals surface area contributed by atoms with Gasteiger partial charge in [0, 0.05) is 41.7 Å². The predicted molar refractivity (Wildman–Crippen MR) is 132 cm³/mol. The normalized spacial score (nSPS) is 23.5. The number of allylic oxidation sites excluding steroid dienone is 3. The van der Waals surface area contributed by atoms with E-state index in [-0.39, 0.29) is 35.5 Å². The standard InChI is InChI=1S/C24H27F3N4O3S2/c1-3-4-5-6-16(2)21-13-17(24(25,26)27)9-11-31(21)20-10-12-34-22-14-18(7-8-19(20)22)36(32,33)30-23-28-15-29-35-23/h3-8,14-15,17,20-21H,2,9-13H2,1H3,(H,28,29,30)/b4-3-,6-5-/t17-,20+,21-/m1/s1. The zero-order valence-corrected chi connectivity index (χ0v) is 21.2. The van der Waals surface area contributed by atoms with Gasteiger partial charge in [-0.1, -0.05) is 36.9 Å². The third-order valence-electron chi connectivity index (χ3n) is 6.44. The van der Waals surface area contributed by atoms with Crippen molar-refractivity contribution in [3.05, 3.63) is 66.5 Å². The van der Waals surface area contributed by atoms with E-state index in [0.29, 0.717) is 24.4 Å². The van der Waals surface area contributed by atoms with Crippen LogP contribution >= 0.6 is 11.5 Å². The number of benzene rings is 1. The number of ether oxygens (including phenoxy) is 1. The van der Waals surface area contributed by atoms with Crippen LogP contribution in [0.25, 0.3) is 0 Å². The summed E-state index contributed by atoms with van der Waals surface area (Å²) in [7, 11) is -3.91. The van der Waals surface area contributed by atoms with Crippen LogP contribution in [-0.4, -0.2) is 48.0 Å². The van der Waals surface area contributed by atoms with E-state index in [9.17, 15) is 21.6 Å². The highest BCUT2D eigenvalue weighted by molar-refractivity contribution is 7.93. The van der Waals surface area contributed by atoms with E-state index >= 15 is 0 Å². The molecule has 12 heteroatoms. The summed E-state index contributed by atoms with van der Waals surface area (Å²) in [6.07, 6.45) is 4.65. The van der Waals surface area contributed by atoms with Gasteiger partial charge in [0.25, 0.3) is 10.0 Å². The van der Waals surface area contributed by atoms with Crippen molar-refractivity contribution in [3.8, 4) is 5.75 Å². The SMILES string of the molecule is C=C(/C=C\C=C/C)[C@H]1C[C@H](C(F)(F)F)CCN1[C@H]1CCOc2cc(S(=O)(=O)Nc3ncns3)ccc21. The smallest absolute Gasteiger partial charge is 0.391 e. The van der Waals surface area contributed by atoms with Crippen LogP contribution in [0, 0.1) is 5.92 Å². The number of sulfonamides is 1. The third kappa shape index (κ3) is 5.81. The van der Waals surface area contributed by atoms with Crippen LogP contribution in [0.15, 0.2) is 65.9 Å². The fraction of sp³-hybridized carbons (Fsp3) is 0.417. The molecule has 3 atom stereocenters. The number of hydrogen-bond acceptors (Lipinski definition) is 7. The molecular weight excluding hydrogens is 513 g/mol. The summed E-state index contributed by atoms with van der Waals surface area (Å²) in [5.41, 5.74) is 1.35. The Morgan fingerprint density at radius 1 is 1.31 bits per heavy atom. The minimum Gasteiger partial charge on any atom is -0.493 e. The van der Waals surface area contributed by atoms with Crippen LogP contribution in [0.4, 0.5) is 18.3 Å². The second-order valence-corrected chi connectivity index (χ2v) is 11.1. The molecule has 1 aromatic heterocycles. The van der Waals surface area contributed by atoms with Crippen LogP contribution < -0.4 is 9.46 Å².